The molecule has 0 unspecified atom stereocenters. The molecule has 0 atom stereocenters. The maximum atomic E-state index is 11.1. The van der Waals surface area contributed by atoms with Gasteiger partial charge in [-0.25, -0.2) is 4.79 Å². The number of aryl methyl sites for hydroxylation is 1. The smallest absolute Gasteiger partial charge is 0.339 e. The molecule has 1 heterocycles. The summed E-state index contributed by atoms with van der Waals surface area (Å²) in [6, 6.07) is 3.34. The molecule has 0 aliphatic heterocycles. The van der Waals surface area contributed by atoms with Crippen LogP contribution in [0.2, 0.25) is 0 Å². The summed E-state index contributed by atoms with van der Waals surface area (Å²) >= 11 is 0. The number of aldehydes is 1. The summed E-state index contributed by atoms with van der Waals surface area (Å²) in [5.74, 6) is 0.433. The maximum Gasteiger partial charge on any atom is 0.339 e. The van der Waals surface area contributed by atoms with Gasteiger partial charge in [0.15, 0.2) is 0 Å². The van der Waals surface area contributed by atoms with Gasteiger partial charge in [-0.2, -0.15) is 0 Å². The Morgan fingerprint density at radius 1 is 1.46 bits per heavy atom. The van der Waals surface area contributed by atoms with E-state index < -0.39 is 0 Å². The fourth-order valence-corrected chi connectivity index (χ4v) is 0.879. The minimum Gasteiger partial charge on any atom is -0.423 e. The Hall–Kier alpha value is -1.64. The quantitative estimate of drug-likeness (QED) is 0.510. The van der Waals surface area contributed by atoms with E-state index in [9.17, 15) is 9.59 Å². The molecule has 0 radical (unpaired) electrons. The van der Waals surface area contributed by atoms with Crippen LogP contribution in [0.15, 0.2) is 27.4 Å². The molecule has 0 aliphatic carbocycles. The molecule has 0 bridgehead atoms. The molecule has 1 rings (SSSR count). The first-order valence-electron chi connectivity index (χ1n) is 3.88. The van der Waals surface area contributed by atoms with Crippen LogP contribution >= 0.6 is 0 Å². The SMILES string of the molecule is C/C(=C\C=O)c1ccc(C)c(=O)o1. The van der Waals surface area contributed by atoms with Crippen LogP contribution in [0.3, 0.4) is 0 Å². The van der Waals surface area contributed by atoms with Crippen molar-refractivity contribution < 1.29 is 9.21 Å². The number of allylic oxidation sites excluding steroid dienone is 2. The Bertz CT molecular complexity index is 399. The van der Waals surface area contributed by atoms with E-state index in [1.165, 1.54) is 6.08 Å². The van der Waals surface area contributed by atoms with Crippen molar-refractivity contribution in [2.75, 3.05) is 0 Å². The molecule has 1 aromatic heterocycles. The lowest BCUT2D eigenvalue weighted by Crippen LogP contribution is -2.03. The highest BCUT2D eigenvalue weighted by atomic mass is 16.4. The summed E-state index contributed by atoms with van der Waals surface area (Å²) in [6.45, 7) is 3.39. The van der Waals surface area contributed by atoms with Crippen molar-refractivity contribution in [1.29, 1.82) is 0 Å². The zero-order valence-electron chi connectivity index (χ0n) is 7.53. The highest BCUT2D eigenvalue weighted by Crippen LogP contribution is 2.10. The molecule has 0 spiro atoms. The molecule has 68 valence electrons. The van der Waals surface area contributed by atoms with E-state index in [1.54, 1.807) is 26.0 Å². The van der Waals surface area contributed by atoms with Gasteiger partial charge in [0.2, 0.25) is 0 Å². The van der Waals surface area contributed by atoms with Crippen molar-refractivity contribution in [3.05, 3.63) is 40.0 Å². The fourth-order valence-electron chi connectivity index (χ4n) is 0.879. The van der Waals surface area contributed by atoms with Gasteiger partial charge in [0.25, 0.3) is 0 Å². The molecule has 0 saturated heterocycles. The Balaban J connectivity index is 3.18. The van der Waals surface area contributed by atoms with E-state index in [0.717, 1.165) is 0 Å². The lowest BCUT2D eigenvalue weighted by Gasteiger charge is -1.97. The van der Waals surface area contributed by atoms with E-state index in [2.05, 4.69) is 0 Å². The second kappa shape index (κ2) is 3.85. The zero-order valence-corrected chi connectivity index (χ0v) is 7.53. The molecule has 1 aromatic rings. The minimum absolute atomic E-state index is 0.365. The van der Waals surface area contributed by atoms with Gasteiger partial charge >= 0.3 is 5.63 Å². The second-order valence-corrected chi connectivity index (χ2v) is 2.76. The molecule has 3 nitrogen and oxygen atoms in total. The predicted octanol–water partition coefficient (Wildman–Crippen LogP) is 1.55. The predicted molar refractivity (Wildman–Crippen MR) is 49.4 cm³/mol. The molecule has 13 heavy (non-hydrogen) atoms. The second-order valence-electron chi connectivity index (χ2n) is 2.76. The largest absolute Gasteiger partial charge is 0.423 e. The third-order valence-electron chi connectivity index (χ3n) is 1.72. The zero-order chi connectivity index (χ0) is 9.84. The summed E-state index contributed by atoms with van der Waals surface area (Å²) in [6.07, 6.45) is 2.02. The molecule has 0 aliphatic rings. The summed E-state index contributed by atoms with van der Waals surface area (Å²) < 4.78 is 4.94. The summed E-state index contributed by atoms with van der Waals surface area (Å²) in [5.41, 5.74) is 0.839. The topological polar surface area (TPSA) is 47.3 Å². The van der Waals surface area contributed by atoms with Crippen molar-refractivity contribution in [2.24, 2.45) is 0 Å². The van der Waals surface area contributed by atoms with Crippen LogP contribution in [0.1, 0.15) is 18.2 Å². The van der Waals surface area contributed by atoms with Crippen LogP contribution in [0.4, 0.5) is 0 Å². The number of rotatable bonds is 2. The van der Waals surface area contributed by atoms with E-state index in [4.69, 9.17) is 4.42 Å². The number of hydrogen-bond donors (Lipinski definition) is 0. The molecule has 3 heteroatoms. The lowest BCUT2D eigenvalue weighted by molar-refractivity contribution is -0.104. The van der Waals surface area contributed by atoms with Gasteiger partial charge < -0.3 is 4.42 Å². The van der Waals surface area contributed by atoms with Crippen LogP contribution in [-0.4, -0.2) is 6.29 Å². The van der Waals surface area contributed by atoms with Crippen molar-refractivity contribution in [2.45, 2.75) is 13.8 Å². The van der Waals surface area contributed by atoms with Crippen LogP contribution in [0.25, 0.3) is 5.57 Å². The van der Waals surface area contributed by atoms with Gasteiger partial charge in [-0.1, -0.05) is 0 Å². The molecule has 0 aromatic carbocycles. The lowest BCUT2D eigenvalue weighted by atomic mass is 10.2. The normalized spacial score (nSPS) is 11.4. The number of hydrogen-bond acceptors (Lipinski definition) is 3. The van der Waals surface area contributed by atoms with Crippen LogP contribution in [-0.2, 0) is 4.79 Å². The molecular weight excluding hydrogens is 168 g/mol. The van der Waals surface area contributed by atoms with Crippen molar-refractivity contribution >= 4 is 11.9 Å². The van der Waals surface area contributed by atoms with Gasteiger partial charge in [-0.15, -0.1) is 0 Å². The average molecular weight is 178 g/mol. The summed E-state index contributed by atoms with van der Waals surface area (Å²) in [7, 11) is 0. The summed E-state index contributed by atoms with van der Waals surface area (Å²) in [5, 5.41) is 0. The molecule has 0 fully saturated rings. The van der Waals surface area contributed by atoms with Crippen LogP contribution < -0.4 is 5.63 Å². The van der Waals surface area contributed by atoms with Gasteiger partial charge in [-0.3, -0.25) is 4.79 Å². The van der Waals surface area contributed by atoms with Crippen molar-refractivity contribution in [3.63, 3.8) is 0 Å². The molecular formula is C10H10O3. The Morgan fingerprint density at radius 2 is 2.15 bits per heavy atom. The van der Waals surface area contributed by atoms with E-state index >= 15 is 0 Å². The Morgan fingerprint density at radius 3 is 2.69 bits per heavy atom. The van der Waals surface area contributed by atoms with Gasteiger partial charge in [-0.05, 0) is 37.6 Å². The Kier molecular flexibility index (Phi) is 2.80. The Labute approximate surface area is 75.7 Å². The standard InChI is InChI=1S/C10H10O3/c1-7(5-6-11)9-4-3-8(2)10(12)13-9/h3-6H,1-2H3/b7-5+. The number of carbonyl (C=O) groups excluding carboxylic acids is 1. The molecule has 0 saturated carbocycles. The van der Waals surface area contributed by atoms with Crippen LogP contribution in [0, 0.1) is 6.92 Å². The van der Waals surface area contributed by atoms with E-state index in [0.29, 0.717) is 23.2 Å². The minimum atomic E-state index is -0.365. The van der Waals surface area contributed by atoms with Gasteiger partial charge in [0.05, 0.1) is 0 Å². The fraction of sp³-hybridized carbons (Fsp3) is 0.200. The first-order chi connectivity index (χ1) is 6.15. The third-order valence-corrected chi connectivity index (χ3v) is 1.72. The highest BCUT2D eigenvalue weighted by Gasteiger charge is 2.00. The average Bonchev–Trinajstić information content (AvgIpc) is 2.10. The van der Waals surface area contributed by atoms with Gasteiger partial charge in [0, 0.05) is 5.56 Å². The monoisotopic (exact) mass is 178 g/mol. The van der Waals surface area contributed by atoms with Gasteiger partial charge in [0.1, 0.15) is 12.0 Å². The molecule has 0 N–H and O–H groups in total. The summed E-state index contributed by atoms with van der Waals surface area (Å²) in [4.78, 5) is 21.2. The van der Waals surface area contributed by atoms with E-state index in [-0.39, 0.29) is 5.63 Å². The first kappa shape index (κ1) is 9.45. The van der Waals surface area contributed by atoms with Crippen LogP contribution in [0.5, 0.6) is 0 Å². The van der Waals surface area contributed by atoms with Crippen molar-refractivity contribution in [3.8, 4) is 0 Å². The first-order valence-corrected chi connectivity index (χ1v) is 3.88. The van der Waals surface area contributed by atoms with Crippen molar-refractivity contribution in [1.82, 2.24) is 0 Å². The number of carbonyl (C=O) groups is 1. The molecule has 0 amide bonds. The third kappa shape index (κ3) is 2.15. The van der Waals surface area contributed by atoms with E-state index in [1.807, 2.05) is 0 Å². The highest BCUT2D eigenvalue weighted by molar-refractivity contribution is 5.78. The maximum absolute atomic E-state index is 11.1.